The van der Waals surface area contributed by atoms with Crippen molar-refractivity contribution in [2.75, 3.05) is 0 Å². The molecule has 0 aliphatic rings. The lowest BCUT2D eigenvalue weighted by molar-refractivity contribution is -0.120. The van der Waals surface area contributed by atoms with Crippen molar-refractivity contribution in [2.24, 2.45) is 0 Å². The summed E-state index contributed by atoms with van der Waals surface area (Å²) >= 11 is 0. The van der Waals surface area contributed by atoms with Crippen molar-refractivity contribution in [3.05, 3.63) is 70.5 Å². The topological polar surface area (TPSA) is 63.2 Å². The predicted molar refractivity (Wildman–Crippen MR) is 96.2 cm³/mol. The van der Waals surface area contributed by atoms with Crippen LogP contribution in [0.3, 0.4) is 0 Å². The lowest BCUT2D eigenvalue weighted by Crippen LogP contribution is -2.38. The second-order valence-corrected chi connectivity index (χ2v) is 8.55. The van der Waals surface area contributed by atoms with Crippen molar-refractivity contribution in [3.63, 3.8) is 0 Å². The molecule has 0 saturated heterocycles. The zero-order valence-corrected chi connectivity index (χ0v) is 15.4. The van der Waals surface area contributed by atoms with Crippen molar-refractivity contribution in [2.45, 2.75) is 38.3 Å². The van der Waals surface area contributed by atoms with Gasteiger partial charge >= 0.3 is 0 Å². The molecular weight excluding hydrogens is 341 g/mol. The standard InChI is InChI=1S/C19H22FNO3S/c1-13-4-5-14(2)17(10-13)12-25(23,24)15(3)19(22)21-11-16-6-8-18(20)9-7-16/h4-10,15H,11-12H2,1-3H3,(H,21,22). The molecular formula is C19H22FNO3S. The van der Waals surface area contributed by atoms with Gasteiger partial charge < -0.3 is 5.32 Å². The molecule has 0 fully saturated rings. The molecule has 2 rings (SSSR count). The highest BCUT2D eigenvalue weighted by Gasteiger charge is 2.28. The van der Waals surface area contributed by atoms with Gasteiger partial charge in [-0.25, -0.2) is 12.8 Å². The third kappa shape index (κ3) is 5.13. The van der Waals surface area contributed by atoms with Crippen LogP contribution in [0.25, 0.3) is 0 Å². The molecule has 1 N–H and O–H groups in total. The first-order chi connectivity index (χ1) is 11.7. The highest BCUT2D eigenvalue weighted by atomic mass is 32.2. The van der Waals surface area contributed by atoms with E-state index in [-0.39, 0.29) is 18.1 Å². The minimum atomic E-state index is -3.63. The van der Waals surface area contributed by atoms with Crippen LogP contribution in [0.1, 0.15) is 29.2 Å². The molecule has 0 aromatic heterocycles. The fraction of sp³-hybridized carbons (Fsp3) is 0.316. The number of carbonyl (C=O) groups excluding carboxylic acids is 1. The van der Waals surface area contributed by atoms with Crippen LogP contribution in [-0.2, 0) is 26.9 Å². The van der Waals surface area contributed by atoms with Gasteiger partial charge in [-0.15, -0.1) is 0 Å². The minimum absolute atomic E-state index is 0.155. The lowest BCUT2D eigenvalue weighted by Gasteiger charge is -2.15. The number of aryl methyl sites for hydroxylation is 2. The Morgan fingerprint density at radius 2 is 1.76 bits per heavy atom. The van der Waals surface area contributed by atoms with Crippen molar-refractivity contribution >= 4 is 15.7 Å². The third-order valence-corrected chi connectivity index (χ3v) is 6.15. The molecule has 0 aliphatic carbocycles. The summed E-state index contributed by atoms with van der Waals surface area (Å²) in [6.07, 6.45) is 0. The maximum Gasteiger partial charge on any atom is 0.238 e. The summed E-state index contributed by atoms with van der Waals surface area (Å²) in [7, 11) is -3.63. The van der Waals surface area contributed by atoms with E-state index >= 15 is 0 Å². The van der Waals surface area contributed by atoms with E-state index in [2.05, 4.69) is 5.32 Å². The fourth-order valence-electron chi connectivity index (χ4n) is 2.40. The fourth-order valence-corrected chi connectivity index (χ4v) is 3.80. The number of hydrogen-bond donors (Lipinski definition) is 1. The van der Waals surface area contributed by atoms with E-state index in [1.54, 1.807) is 12.1 Å². The molecule has 0 spiro atoms. The van der Waals surface area contributed by atoms with Crippen LogP contribution in [0.15, 0.2) is 42.5 Å². The summed E-state index contributed by atoms with van der Waals surface area (Å²) < 4.78 is 38.0. The minimum Gasteiger partial charge on any atom is -0.351 e. The van der Waals surface area contributed by atoms with E-state index in [9.17, 15) is 17.6 Å². The molecule has 25 heavy (non-hydrogen) atoms. The normalized spacial score (nSPS) is 12.6. The number of hydrogen-bond acceptors (Lipinski definition) is 3. The van der Waals surface area contributed by atoms with Gasteiger partial charge in [-0.2, -0.15) is 0 Å². The summed E-state index contributed by atoms with van der Waals surface area (Å²) in [5.41, 5.74) is 3.27. The van der Waals surface area contributed by atoms with Gasteiger partial charge in [0.25, 0.3) is 0 Å². The Labute approximate surface area is 148 Å². The van der Waals surface area contributed by atoms with Crippen LogP contribution < -0.4 is 5.32 Å². The molecule has 0 saturated carbocycles. The van der Waals surface area contributed by atoms with Crippen LogP contribution in [-0.4, -0.2) is 19.6 Å². The molecule has 0 radical (unpaired) electrons. The Bertz CT molecular complexity index is 861. The first-order valence-corrected chi connectivity index (χ1v) is 9.70. The zero-order valence-electron chi connectivity index (χ0n) is 14.5. The van der Waals surface area contributed by atoms with Gasteiger partial charge in [-0.3, -0.25) is 4.79 Å². The smallest absolute Gasteiger partial charge is 0.238 e. The van der Waals surface area contributed by atoms with E-state index in [0.717, 1.165) is 11.1 Å². The molecule has 0 bridgehead atoms. The number of rotatable bonds is 6. The van der Waals surface area contributed by atoms with Crippen LogP contribution in [0.4, 0.5) is 4.39 Å². The largest absolute Gasteiger partial charge is 0.351 e. The van der Waals surface area contributed by atoms with Gasteiger partial charge in [0.05, 0.1) is 5.75 Å². The van der Waals surface area contributed by atoms with Gasteiger partial charge in [-0.05, 0) is 49.6 Å². The molecule has 2 aromatic rings. The highest BCUT2D eigenvalue weighted by molar-refractivity contribution is 7.92. The van der Waals surface area contributed by atoms with E-state index in [4.69, 9.17) is 0 Å². The first kappa shape index (κ1) is 19.1. The summed E-state index contributed by atoms with van der Waals surface area (Å²) in [6.45, 7) is 5.29. The van der Waals surface area contributed by atoms with Crippen LogP contribution in [0.2, 0.25) is 0 Å². The Kier molecular flexibility index (Phi) is 5.95. The van der Waals surface area contributed by atoms with Crippen molar-refractivity contribution in [1.82, 2.24) is 5.32 Å². The molecule has 1 unspecified atom stereocenters. The summed E-state index contributed by atoms with van der Waals surface area (Å²) in [4.78, 5) is 12.2. The maximum absolute atomic E-state index is 12.9. The summed E-state index contributed by atoms with van der Waals surface area (Å²) in [6, 6.07) is 11.3. The molecule has 1 atom stereocenters. The van der Waals surface area contributed by atoms with Crippen molar-refractivity contribution in [3.8, 4) is 0 Å². The predicted octanol–water partition coefficient (Wildman–Crippen LogP) is 3.06. The van der Waals surface area contributed by atoms with E-state index in [0.29, 0.717) is 11.1 Å². The molecule has 4 nitrogen and oxygen atoms in total. The van der Waals surface area contributed by atoms with Crippen LogP contribution in [0.5, 0.6) is 0 Å². The Morgan fingerprint density at radius 3 is 2.40 bits per heavy atom. The number of benzene rings is 2. The van der Waals surface area contributed by atoms with Crippen molar-refractivity contribution in [1.29, 1.82) is 0 Å². The van der Waals surface area contributed by atoms with Crippen LogP contribution in [0, 0.1) is 19.7 Å². The maximum atomic E-state index is 12.9. The van der Waals surface area contributed by atoms with Crippen LogP contribution >= 0.6 is 0 Å². The zero-order chi connectivity index (χ0) is 18.6. The third-order valence-electron chi connectivity index (χ3n) is 4.15. The molecule has 2 aromatic carbocycles. The lowest BCUT2D eigenvalue weighted by atomic mass is 10.1. The summed E-state index contributed by atoms with van der Waals surface area (Å²) in [5, 5.41) is 1.44. The quantitative estimate of drug-likeness (QED) is 0.858. The number of amides is 1. The molecule has 0 heterocycles. The Hall–Kier alpha value is -2.21. The second-order valence-electron chi connectivity index (χ2n) is 6.22. The van der Waals surface area contributed by atoms with Gasteiger partial charge in [0.2, 0.25) is 5.91 Å². The molecule has 0 aliphatic heterocycles. The molecule has 134 valence electrons. The van der Waals surface area contributed by atoms with Gasteiger partial charge in [-0.1, -0.05) is 35.9 Å². The summed E-state index contributed by atoms with van der Waals surface area (Å²) in [5.74, 6) is -1.10. The average molecular weight is 363 g/mol. The highest BCUT2D eigenvalue weighted by Crippen LogP contribution is 2.17. The molecule has 1 amide bonds. The van der Waals surface area contributed by atoms with Gasteiger partial charge in [0.1, 0.15) is 11.1 Å². The molecule has 6 heteroatoms. The van der Waals surface area contributed by atoms with E-state index in [1.807, 2.05) is 32.0 Å². The second kappa shape index (κ2) is 7.78. The van der Waals surface area contributed by atoms with Gasteiger partial charge in [0, 0.05) is 6.54 Å². The Morgan fingerprint density at radius 1 is 1.12 bits per heavy atom. The number of nitrogens with one attached hydrogen (secondary N) is 1. The SMILES string of the molecule is Cc1ccc(C)c(CS(=O)(=O)C(C)C(=O)NCc2ccc(F)cc2)c1. The first-order valence-electron chi connectivity index (χ1n) is 7.99. The van der Waals surface area contributed by atoms with Gasteiger partial charge in [0.15, 0.2) is 9.84 Å². The van der Waals surface area contributed by atoms with Crippen molar-refractivity contribution < 1.29 is 17.6 Å². The number of sulfone groups is 1. The number of halogens is 1. The Balaban J connectivity index is 2.04. The monoisotopic (exact) mass is 363 g/mol. The van der Waals surface area contributed by atoms with E-state index < -0.39 is 21.0 Å². The number of carbonyl (C=O) groups is 1. The average Bonchev–Trinajstić information content (AvgIpc) is 2.56. The van der Waals surface area contributed by atoms with E-state index in [1.165, 1.54) is 19.1 Å².